The summed E-state index contributed by atoms with van der Waals surface area (Å²) in [4.78, 5) is 3.72. The fourth-order valence-corrected chi connectivity index (χ4v) is 1.24. The monoisotopic (exact) mass is 163 g/mol. The predicted octanol–water partition coefficient (Wildman–Crippen LogP) is 3.34. The van der Waals surface area contributed by atoms with Crippen molar-refractivity contribution in [2.24, 2.45) is 10.9 Å². The van der Waals surface area contributed by atoms with Crippen LogP contribution >= 0.6 is 0 Å². The van der Waals surface area contributed by atoms with Gasteiger partial charge in [0.25, 0.3) is 0 Å². The van der Waals surface area contributed by atoms with E-state index in [1.807, 2.05) is 0 Å². The van der Waals surface area contributed by atoms with Crippen molar-refractivity contribution in [1.82, 2.24) is 0 Å². The fourth-order valence-electron chi connectivity index (χ4n) is 1.24. The normalized spacial score (nSPS) is 18.6. The van der Waals surface area contributed by atoms with Crippen LogP contribution in [0.2, 0.25) is 0 Å². The van der Waals surface area contributed by atoms with Gasteiger partial charge in [-0.05, 0) is 43.5 Å². The minimum absolute atomic E-state index is 0.828. The van der Waals surface area contributed by atoms with Gasteiger partial charge in [0.1, 0.15) is 0 Å². The molecule has 1 heteroatoms. The van der Waals surface area contributed by atoms with Gasteiger partial charge in [0.05, 0.1) is 0 Å². The van der Waals surface area contributed by atoms with Crippen LogP contribution in [-0.2, 0) is 0 Å². The minimum atomic E-state index is 0.828. The average Bonchev–Trinajstić information content (AvgIpc) is 2.88. The van der Waals surface area contributed by atoms with Crippen molar-refractivity contribution in [3.63, 3.8) is 0 Å². The fraction of sp³-hybridized carbons (Fsp3) is 0.545. The molecule has 0 atom stereocenters. The Bertz CT molecular complexity index is 197. The molecule has 1 aliphatic rings. The van der Waals surface area contributed by atoms with Crippen LogP contribution in [0.3, 0.4) is 0 Å². The Kier molecular flexibility index (Phi) is 3.78. The van der Waals surface area contributed by atoms with Crippen molar-refractivity contribution in [3.05, 3.63) is 23.9 Å². The summed E-state index contributed by atoms with van der Waals surface area (Å²) in [6.07, 6.45) is 11.4. The second kappa shape index (κ2) is 4.91. The molecule has 1 rings (SSSR count). The van der Waals surface area contributed by atoms with Crippen LogP contribution in [0.15, 0.2) is 28.9 Å². The largest absolute Gasteiger partial charge is 0.273 e. The Balaban J connectivity index is 2.47. The standard InChI is InChI=1S/C11H17N/c1-3-4-5-10(8-9-12-2)11-6-7-11/h5,8-9,11H,2-4,6-7H2,1H3. The second-order valence-electron chi connectivity index (χ2n) is 3.27. The van der Waals surface area contributed by atoms with E-state index in [2.05, 4.69) is 30.8 Å². The first-order valence-corrected chi connectivity index (χ1v) is 4.71. The molecule has 1 saturated carbocycles. The molecule has 0 heterocycles. The number of aliphatic imine (C=N–C) groups is 1. The Hall–Kier alpha value is -0.850. The molecule has 66 valence electrons. The molecule has 0 aliphatic heterocycles. The van der Waals surface area contributed by atoms with Gasteiger partial charge in [-0.2, -0.15) is 0 Å². The van der Waals surface area contributed by atoms with E-state index in [-0.39, 0.29) is 0 Å². The molecule has 0 aromatic rings. The molecule has 0 aromatic carbocycles. The third kappa shape index (κ3) is 3.04. The maximum atomic E-state index is 3.72. The predicted molar refractivity (Wildman–Crippen MR) is 54.4 cm³/mol. The van der Waals surface area contributed by atoms with Crippen LogP contribution in [0, 0.1) is 5.92 Å². The quantitative estimate of drug-likeness (QED) is 0.435. The third-order valence-corrected chi connectivity index (χ3v) is 2.09. The molecule has 0 unspecified atom stereocenters. The molecular weight excluding hydrogens is 146 g/mol. The Morgan fingerprint density at radius 3 is 2.83 bits per heavy atom. The summed E-state index contributed by atoms with van der Waals surface area (Å²) in [5.74, 6) is 0.828. The maximum Gasteiger partial charge on any atom is 0.0263 e. The van der Waals surface area contributed by atoms with Gasteiger partial charge in [0.2, 0.25) is 0 Å². The van der Waals surface area contributed by atoms with Crippen LogP contribution in [0.25, 0.3) is 0 Å². The summed E-state index contributed by atoms with van der Waals surface area (Å²) < 4.78 is 0. The number of allylic oxidation sites excluding steroid dienone is 3. The van der Waals surface area contributed by atoms with Crippen molar-refractivity contribution in [2.75, 3.05) is 0 Å². The van der Waals surface area contributed by atoms with Gasteiger partial charge in [-0.25, -0.2) is 0 Å². The minimum Gasteiger partial charge on any atom is -0.273 e. The second-order valence-corrected chi connectivity index (χ2v) is 3.27. The van der Waals surface area contributed by atoms with Gasteiger partial charge < -0.3 is 0 Å². The average molecular weight is 163 g/mol. The first-order valence-electron chi connectivity index (χ1n) is 4.71. The van der Waals surface area contributed by atoms with Crippen LogP contribution < -0.4 is 0 Å². The van der Waals surface area contributed by atoms with Gasteiger partial charge in [-0.3, -0.25) is 4.99 Å². The number of unbranched alkanes of at least 4 members (excludes halogenated alkanes) is 1. The molecule has 12 heavy (non-hydrogen) atoms. The molecule has 0 radical (unpaired) electrons. The number of hydrogen-bond acceptors (Lipinski definition) is 1. The van der Waals surface area contributed by atoms with E-state index in [4.69, 9.17) is 0 Å². The van der Waals surface area contributed by atoms with Crippen molar-refractivity contribution in [3.8, 4) is 0 Å². The lowest BCUT2D eigenvalue weighted by Crippen LogP contribution is -1.80. The summed E-state index contributed by atoms with van der Waals surface area (Å²) in [6, 6.07) is 0. The van der Waals surface area contributed by atoms with Crippen molar-refractivity contribution in [1.29, 1.82) is 0 Å². The Labute approximate surface area is 74.9 Å². The van der Waals surface area contributed by atoms with Crippen LogP contribution in [0.5, 0.6) is 0 Å². The molecule has 1 aliphatic carbocycles. The highest BCUT2D eigenvalue weighted by atomic mass is 14.6. The van der Waals surface area contributed by atoms with E-state index >= 15 is 0 Å². The Morgan fingerprint density at radius 1 is 1.58 bits per heavy atom. The van der Waals surface area contributed by atoms with Gasteiger partial charge in [0, 0.05) is 6.20 Å². The first-order chi connectivity index (χ1) is 5.88. The van der Waals surface area contributed by atoms with E-state index < -0.39 is 0 Å². The SMILES string of the molecule is C=NC=CC(=CCCC)C1CC1. The highest BCUT2D eigenvalue weighted by molar-refractivity contribution is 5.30. The molecule has 0 N–H and O–H groups in total. The highest BCUT2D eigenvalue weighted by Crippen LogP contribution is 2.37. The van der Waals surface area contributed by atoms with E-state index in [1.54, 1.807) is 6.20 Å². The molecule has 0 amide bonds. The lowest BCUT2D eigenvalue weighted by atomic mass is 10.1. The molecule has 0 bridgehead atoms. The summed E-state index contributed by atoms with van der Waals surface area (Å²) >= 11 is 0. The van der Waals surface area contributed by atoms with Gasteiger partial charge in [0.15, 0.2) is 0 Å². The van der Waals surface area contributed by atoms with Crippen LogP contribution in [0.4, 0.5) is 0 Å². The number of rotatable bonds is 5. The summed E-state index contributed by atoms with van der Waals surface area (Å²) in [6.45, 7) is 5.63. The molecule has 0 spiro atoms. The zero-order valence-electron chi connectivity index (χ0n) is 7.79. The van der Waals surface area contributed by atoms with Crippen molar-refractivity contribution < 1.29 is 0 Å². The molecule has 1 nitrogen and oxygen atoms in total. The van der Waals surface area contributed by atoms with Crippen molar-refractivity contribution in [2.45, 2.75) is 32.6 Å². The summed E-state index contributed by atoms with van der Waals surface area (Å²) in [7, 11) is 0. The zero-order chi connectivity index (χ0) is 8.81. The molecular formula is C11H17N. The lowest BCUT2D eigenvalue weighted by Gasteiger charge is -1.96. The van der Waals surface area contributed by atoms with E-state index in [1.165, 1.54) is 31.3 Å². The van der Waals surface area contributed by atoms with Gasteiger partial charge in [-0.15, -0.1) is 0 Å². The topological polar surface area (TPSA) is 12.4 Å². The third-order valence-electron chi connectivity index (χ3n) is 2.09. The molecule has 0 saturated heterocycles. The van der Waals surface area contributed by atoms with Gasteiger partial charge in [-0.1, -0.05) is 19.4 Å². The van der Waals surface area contributed by atoms with Crippen LogP contribution in [-0.4, -0.2) is 6.72 Å². The van der Waals surface area contributed by atoms with E-state index in [0.717, 1.165) is 5.92 Å². The number of hydrogen-bond donors (Lipinski definition) is 0. The maximum absolute atomic E-state index is 3.72. The Morgan fingerprint density at radius 2 is 2.33 bits per heavy atom. The molecule has 0 aromatic heterocycles. The first kappa shape index (κ1) is 9.24. The number of nitrogens with zero attached hydrogens (tertiary/aromatic N) is 1. The summed E-state index contributed by atoms with van der Waals surface area (Å²) in [5, 5.41) is 0. The van der Waals surface area contributed by atoms with Crippen molar-refractivity contribution >= 4 is 6.72 Å². The van der Waals surface area contributed by atoms with Crippen LogP contribution in [0.1, 0.15) is 32.6 Å². The zero-order valence-corrected chi connectivity index (χ0v) is 7.79. The lowest BCUT2D eigenvalue weighted by molar-refractivity contribution is 0.928. The van der Waals surface area contributed by atoms with Gasteiger partial charge >= 0.3 is 0 Å². The summed E-state index contributed by atoms with van der Waals surface area (Å²) in [5.41, 5.74) is 1.46. The molecule has 1 fully saturated rings. The smallest absolute Gasteiger partial charge is 0.0263 e. The van der Waals surface area contributed by atoms with E-state index in [0.29, 0.717) is 0 Å². The van der Waals surface area contributed by atoms with E-state index in [9.17, 15) is 0 Å². The highest BCUT2D eigenvalue weighted by Gasteiger charge is 2.23.